The number of sulfonamides is 1. The van der Waals surface area contributed by atoms with E-state index in [9.17, 15) is 8.42 Å². The van der Waals surface area contributed by atoms with E-state index in [1.165, 1.54) is 22.8 Å². The zero-order chi connectivity index (χ0) is 13.2. The highest BCUT2D eigenvalue weighted by Crippen LogP contribution is 2.27. The first-order valence-electron chi connectivity index (χ1n) is 5.61. The number of nitrogen functional groups attached to an aromatic ring is 1. The maximum atomic E-state index is 12.4. The van der Waals surface area contributed by atoms with Crippen LogP contribution >= 0.6 is 0 Å². The van der Waals surface area contributed by atoms with Crippen molar-refractivity contribution in [2.24, 2.45) is 11.8 Å². The van der Waals surface area contributed by atoms with Gasteiger partial charge in [0.25, 0.3) is 0 Å². The predicted octanol–water partition coefficient (Wildman–Crippen LogP) is -0.630. The molecule has 1 aromatic rings. The molecule has 1 fully saturated rings. The molecule has 0 radical (unpaired) electrons. The molecular weight excluding hydrogens is 256 g/mol. The van der Waals surface area contributed by atoms with Gasteiger partial charge in [0, 0.05) is 32.1 Å². The third kappa shape index (κ3) is 2.32. The summed E-state index contributed by atoms with van der Waals surface area (Å²) in [5, 5.41) is 9.05. The van der Waals surface area contributed by atoms with Crippen molar-refractivity contribution >= 4 is 15.7 Å². The molecule has 0 spiro atoms. The van der Waals surface area contributed by atoms with Crippen molar-refractivity contribution in [3.8, 4) is 0 Å². The van der Waals surface area contributed by atoms with Crippen LogP contribution in [-0.2, 0) is 10.0 Å². The Balaban J connectivity index is 2.31. The zero-order valence-corrected chi connectivity index (χ0v) is 10.6. The Morgan fingerprint density at radius 1 is 1.61 bits per heavy atom. The normalized spacial score (nSPS) is 21.1. The van der Waals surface area contributed by atoms with E-state index in [1.807, 2.05) is 0 Å². The molecule has 1 unspecified atom stereocenters. The van der Waals surface area contributed by atoms with Crippen LogP contribution in [0.3, 0.4) is 0 Å². The Labute approximate surface area is 106 Å². The summed E-state index contributed by atoms with van der Waals surface area (Å²) in [6.45, 7) is 0.741. The minimum Gasteiger partial charge on any atom is -0.396 e. The van der Waals surface area contributed by atoms with E-state index in [-0.39, 0.29) is 17.4 Å². The quantitative estimate of drug-likeness (QED) is 0.497. The molecule has 100 valence electrons. The molecule has 1 aliphatic rings. The molecule has 2 rings (SSSR count). The number of anilines is 1. The van der Waals surface area contributed by atoms with Crippen molar-refractivity contribution < 1.29 is 13.5 Å². The first-order valence-corrected chi connectivity index (χ1v) is 7.05. The van der Waals surface area contributed by atoms with Crippen LogP contribution in [0.1, 0.15) is 6.42 Å². The van der Waals surface area contributed by atoms with Gasteiger partial charge in [0.05, 0.1) is 5.69 Å². The largest absolute Gasteiger partial charge is 0.396 e. The van der Waals surface area contributed by atoms with Gasteiger partial charge in [-0.25, -0.2) is 8.42 Å². The zero-order valence-electron chi connectivity index (χ0n) is 9.78. The molecule has 1 atom stereocenters. The van der Waals surface area contributed by atoms with E-state index in [0.29, 0.717) is 25.2 Å². The molecule has 1 aliphatic heterocycles. The molecule has 18 heavy (non-hydrogen) atoms. The Morgan fingerprint density at radius 2 is 2.39 bits per heavy atom. The van der Waals surface area contributed by atoms with Crippen LogP contribution in [0.15, 0.2) is 23.4 Å². The van der Waals surface area contributed by atoms with Gasteiger partial charge in [-0.1, -0.05) is 0 Å². The number of aliphatic hydroxyl groups is 1. The molecule has 0 saturated carbocycles. The summed E-state index contributed by atoms with van der Waals surface area (Å²) < 4.78 is 26.1. The SMILES string of the molecule is NNc1ccncc1S(=O)(=O)N1CCC(CO)C1. The number of aromatic nitrogens is 1. The topological polar surface area (TPSA) is 109 Å². The molecular formula is C10H16N4O3S. The molecule has 0 aromatic carbocycles. The van der Waals surface area contributed by atoms with E-state index >= 15 is 0 Å². The highest BCUT2D eigenvalue weighted by Gasteiger charge is 2.33. The van der Waals surface area contributed by atoms with Gasteiger partial charge in [-0.05, 0) is 18.4 Å². The molecule has 2 heterocycles. The van der Waals surface area contributed by atoms with Crippen molar-refractivity contribution in [2.75, 3.05) is 25.1 Å². The lowest BCUT2D eigenvalue weighted by atomic mass is 10.1. The fourth-order valence-corrected chi connectivity index (χ4v) is 3.64. The van der Waals surface area contributed by atoms with Crippen molar-refractivity contribution in [3.63, 3.8) is 0 Å². The van der Waals surface area contributed by atoms with E-state index in [0.717, 1.165) is 0 Å². The van der Waals surface area contributed by atoms with Crippen LogP contribution in [0.25, 0.3) is 0 Å². The van der Waals surface area contributed by atoms with Crippen LogP contribution in [0, 0.1) is 5.92 Å². The van der Waals surface area contributed by atoms with Crippen LogP contribution in [0.2, 0.25) is 0 Å². The van der Waals surface area contributed by atoms with Crippen molar-refractivity contribution in [1.29, 1.82) is 0 Å². The second-order valence-electron chi connectivity index (χ2n) is 4.22. The lowest BCUT2D eigenvalue weighted by molar-refractivity contribution is 0.233. The van der Waals surface area contributed by atoms with Crippen LogP contribution in [0.5, 0.6) is 0 Å². The molecule has 8 heteroatoms. The Hall–Kier alpha value is -1.22. The van der Waals surface area contributed by atoms with Gasteiger partial charge in [0.2, 0.25) is 10.0 Å². The van der Waals surface area contributed by atoms with Crippen LogP contribution in [0.4, 0.5) is 5.69 Å². The monoisotopic (exact) mass is 272 g/mol. The number of nitrogens with zero attached hydrogens (tertiary/aromatic N) is 2. The third-order valence-corrected chi connectivity index (χ3v) is 4.96. The smallest absolute Gasteiger partial charge is 0.246 e. The summed E-state index contributed by atoms with van der Waals surface area (Å²) in [5.74, 6) is 5.30. The minimum absolute atomic E-state index is 0.00105. The maximum absolute atomic E-state index is 12.4. The summed E-state index contributed by atoms with van der Waals surface area (Å²) in [5.41, 5.74) is 2.67. The number of pyridine rings is 1. The minimum atomic E-state index is -3.61. The fourth-order valence-electron chi connectivity index (χ4n) is 2.01. The number of aliphatic hydroxyl groups excluding tert-OH is 1. The molecule has 4 N–H and O–H groups in total. The van der Waals surface area contributed by atoms with E-state index in [4.69, 9.17) is 10.9 Å². The number of hydrogen-bond donors (Lipinski definition) is 3. The number of nitrogens with two attached hydrogens (primary N) is 1. The van der Waals surface area contributed by atoms with E-state index < -0.39 is 10.0 Å². The van der Waals surface area contributed by atoms with Gasteiger partial charge < -0.3 is 10.5 Å². The van der Waals surface area contributed by atoms with Gasteiger partial charge in [0.15, 0.2) is 0 Å². The number of rotatable bonds is 4. The predicted molar refractivity (Wildman–Crippen MR) is 66.0 cm³/mol. The van der Waals surface area contributed by atoms with Gasteiger partial charge in [-0.2, -0.15) is 4.31 Å². The molecule has 1 aromatic heterocycles. The average Bonchev–Trinajstić information content (AvgIpc) is 2.88. The van der Waals surface area contributed by atoms with Crippen molar-refractivity contribution in [3.05, 3.63) is 18.5 Å². The standard InChI is InChI=1S/C10H16N4O3S/c11-13-9-1-3-12-5-10(9)18(16,17)14-4-2-8(6-14)7-15/h1,3,5,8,15H,2,4,6-7,11H2,(H,12,13). The van der Waals surface area contributed by atoms with Crippen LogP contribution < -0.4 is 11.3 Å². The molecule has 1 saturated heterocycles. The number of hydrazine groups is 1. The Kier molecular flexibility index (Phi) is 3.81. The first-order chi connectivity index (χ1) is 8.59. The van der Waals surface area contributed by atoms with Crippen molar-refractivity contribution in [1.82, 2.24) is 9.29 Å². The summed E-state index contributed by atoms with van der Waals surface area (Å²) in [6, 6.07) is 1.51. The fraction of sp³-hybridized carbons (Fsp3) is 0.500. The number of hydrogen-bond acceptors (Lipinski definition) is 6. The highest BCUT2D eigenvalue weighted by atomic mass is 32.2. The third-order valence-electron chi connectivity index (χ3n) is 3.06. The van der Waals surface area contributed by atoms with Gasteiger partial charge in [-0.3, -0.25) is 10.8 Å². The molecule has 0 aliphatic carbocycles. The number of nitrogens with one attached hydrogen (secondary N) is 1. The molecule has 0 amide bonds. The lowest BCUT2D eigenvalue weighted by Crippen LogP contribution is -2.30. The highest BCUT2D eigenvalue weighted by molar-refractivity contribution is 7.89. The summed E-state index contributed by atoms with van der Waals surface area (Å²) >= 11 is 0. The Morgan fingerprint density at radius 3 is 3.00 bits per heavy atom. The maximum Gasteiger partial charge on any atom is 0.246 e. The van der Waals surface area contributed by atoms with Crippen molar-refractivity contribution in [2.45, 2.75) is 11.3 Å². The summed E-state index contributed by atoms with van der Waals surface area (Å²) in [7, 11) is -3.61. The Bertz CT molecular complexity index is 520. The second-order valence-corrected chi connectivity index (χ2v) is 6.12. The lowest BCUT2D eigenvalue weighted by Gasteiger charge is -2.17. The first kappa shape index (κ1) is 13.2. The van der Waals surface area contributed by atoms with Gasteiger partial charge in [0.1, 0.15) is 4.90 Å². The van der Waals surface area contributed by atoms with Gasteiger partial charge in [-0.15, -0.1) is 0 Å². The average molecular weight is 272 g/mol. The summed E-state index contributed by atoms with van der Waals surface area (Å²) in [6.07, 6.45) is 3.41. The molecule has 0 bridgehead atoms. The van der Waals surface area contributed by atoms with E-state index in [2.05, 4.69) is 10.4 Å². The summed E-state index contributed by atoms with van der Waals surface area (Å²) in [4.78, 5) is 3.88. The molecule has 7 nitrogen and oxygen atoms in total. The second kappa shape index (κ2) is 5.19. The van der Waals surface area contributed by atoms with Gasteiger partial charge >= 0.3 is 0 Å². The van der Waals surface area contributed by atoms with Crippen LogP contribution in [-0.4, -0.2) is 42.5 Å². The van der Waals surface area contributed by atoms with E-state index in [1.54, 1.807) is 0 Å².